The molecule has 0 amide bonds. The maximum absolute atomic E-state index is 2.37. The van der Waals surface area contributed by atoms with E-state index >= 15 is 0 Å². The molecule has 0 atom stereocenters. The highest BCUT2D eigenvalue weighted by Gasteiger charge is 2.20. The lowest BCUT2D eigenvalue weighted by Gasteiger charge is -2.25. The van der Waals surface area contributed by atoms with Gasteiger partial charge in [0.2, 0.25) is 0 Å². The average Bonchev–Trinajstić information content (AvgIpc) is 2.45. The van der Waals surface area contributed by atoms with E-state index in [0.717, 1.165) is 6.42 Å². The number of hydrogen-bond donors (Lipinski definition) is 0. The quantitative estimate of drug-likeness (QED) is 0.549. The van der Waals surface area contributed by atoms with Gasteiger partial charge in [0.05, 0.1) is 0 Å². The SMILES string of the molecule is C.C.C/C=C(/C)c1cc2cccc(C(C)(C)CC)c2cc1C. The Morgan fingerprint density at radius 2 is 1.77 bits per heavy atom. The monoisotopic (exact) mass is 298 g/mol. The number of aryl methyl sites for hydroxylation is 1. The summed E-state index contributed by atoms with van der Waals surface area (Å²) in [7, 11) is 0. The van der Waals surface area contributed by atoms with Gasteiger partial charge < -0.3 is 0 Å². The molecule has 22 heavy (non-hydrogen) atoms. The first-order chi connectivity index (χ1) is 9.40. The summed E-state index contributed by atoms with van der Waals surface area (Å²) in [4.78, 5) is 0. The van der Waals surface area contributed by atoms with Crippen LogP contribution in [0, 0.1) is 6.92 Å². The standard InChI is InChI=1S/C20H26.2CH4/c1-7-14(3)17-13-16-10-9-11-19(20(5,6)8-2)18(16)12-15(17)4;;/h7,9-13H,8H2,1-6H3;2*1H4/b14-7-;;. The molecule has 0 aliphatic heterocycles. The van der Waals surface area contributed by atoms with Gasteiger partial charge >= 0.3 is 0 Å². The molecule has 0 aromatic heterocycles. The maximum Gasteiger partial charge on any atom is -0.0100 e. The second-order valence-corrected chi connectivity index (χ2v) is 6.40. The van der Waals surface area contributed by atoms with E-state index in [1.54, 1.807) is 0 Å². The molecule has 0 saturated heterocycles. The van der Waals surface area contributed by atoms with Crippen molar-refractivity contribution >= 4 is 16.3 Å². The minimum atomic E-state index is 0. The smallest absolute Gasteiger partial charge is 0.0100 e. The van der Waals surface area contributed by atoms with Crippen molar-refractivity contribution in [1.82, 2.24) is 0 Å². The number of allylic oxidation sites excluding steroid dienone is 2. The molecule has 0 saturated carbocycles. The van der Waals surface area contributed by atoms with Crippen molar-refractivity contribution in [2.45, 2.75) is 68.2 Å². The zero-order chi connectivity index (χ0) is 14.9. The van der Waals surface area contributed by atoms with Crippen molar-refractivity contribution in [3.05, 3.63) is 53.1 Å². The van der Waals surface area contributed by atoms with E-state index < -0.39 is 0 Å². The van der Waals surface area contributed by atoms with Gasteiger partial charge in [0.1, 0.15) is 0 Å². The van der Waals surface area contributed by atoms with Crippen LogP contribution in [-0.2, 0) is 5.41 Å². The van der Waals surface area contributed by atoms with Gasteiger partial charge in [0.15, 0.2) is 0 Å². The van der Waals surface area contributed by atoms with Crippen LogP contribution in [0.15, 0.2) is 36.4 Å². The van der Waals surface area contributed by atoms with Gasteiger partial charge in [-0.3, -0.25) is 0 Å². The van der Waals surface area contributed by atoms with Crippen LogP contribution in [0.1, 0.15) is 72.6 Å². The lowest BCUT2D eigenvalue weighted by molar-refractivity contribution is 0.510. The number of benzene rings is 2. The molecule has 122 valence electrons. The lowest BCUT2D eigenvalue weighted by atomic mass is 9.79. The van der Waals surface area contributed by atoms with E-state index in [0.29, 0.717) is 0 Å². The minimum absolute atomic E-state index is 0. The van der Waals surface area contributed by atoms with E-state index in [1.807, 2.05) is 0 Å². The fraction of sp³-hybridized carbons (Fsp3) is 0.455. The molecule has 2 aromatic carbocycles. The summed E-state index contributed by atoms with van der Waals surface area (Å²) in [6, 6.07) is 11.4. The van der Waals surface area contributed by atoms with Gasteiger partial charge in [-0.05, 0) is 71.7 Å². The third-order valence-electron chi connectivity index (χ3n) is 4.70. The van der Waals surface area contributed by atoms with E-state index in [1.165, 1.54) is 33.0 Å². The number of hydrogen-bond acceptors (Lipinski definition) is 0. The van der Waals surface area contributed by atoms with Crippen molar-refractivity contribution < 1.29 is 0 Å². The normalized spacial score (nSPS) is 11.8. The first-order valence-corrected chi connectivity index (χ1v) is 7.58. The molecule has 0 aliphatic carbocycles. The van der Waals surface area contributed by atoms with Crippen molar-refractivity contribution in [2.75, 3.05) is 0 Å². The van der Waals surface area contributed by atoms with Crippen LogP contribution in [0.2, 0.25) is 0 Å². The summed E-state index contributed by atoms with van der Waals surface area (Å²) < 4.78 is 0. The fourth-order valence-electron chi connectivity index (χ4n) is 2.79. The first-order valence-electron chi connectivity index (χ1n) is 7.58. The molecule has 0 N–H and O–H groups in total. The molecule has 0 heterocycles. The summed E-state index contributed by atoms with van der Waals surface area (Å²) in [6.07, 6.45) is 3.34. The highest BCUT2D eigenvalue weighted by Crippen LogP contribution is 2.35. The molecule has 0 heteroatoms. The second kappa shape index (κ2) is 7.63. The Morgan fingerprint density at radius 3 is 2.32 bits per heavy atom. The third-order valence-corrected chi connectivity index (χ3v) is 4.70. The summed E-state index contributed by atoms with van der Waals surface area (Å²) in [6.45, 7) is 13.5. The topological polar surface area (TPSA) is 0 Å². The molecule has 0 nitrogen and oxygen atoms in total. The molecular formula is C22H34. The third kappa shape index (κ3) is 3.61. The van der Waals surface area contributed by atoms with Gasteiger partial charge in [-0.2, -0.15) is 0 Å². The first kappa shape index (κ1) is 20.4. The van der Waals surface area contributed by atoms with E-state index in [9.17, 15) is 0 Å². The Morgan fingerprint density at radius 1 is 1.14 bits per heavy atom. The summed E-state index contributed by atoms with van der Waals surface area (Å²) >= 11 is 0. The molecule has 0 spiro atoms. The molecule has 0 unspecified atom stereocenters. The molecule has 0 aliphatic rings. The Bertz CT molecular complexity index is 657. The Kier molecular flexibility index (Phi) is 7.09. The summed E-state index contributed by atoms with van der Waals surface area (Å²) in [5.74, 6) is 0. The molecule has 2 aromatic rings. The van der Waals surface area contributed by atoms with Crippen LogP contribution in [-0.4, -0.2) is 0 Å². The van der Waals surface area contributed by atoms with E-state index in [-0.39, 0.29) is 20.3 Å². The largest absolute Gasteiger partial charge is 0.0841 e. The van der Waals surface area contributed by atoms with Crippen LogP contribution < -0.4 is 0 Å². The average molecular weight is 299 g/mol. The van der Waals surface area contributed by atoms with Crippen LogP contribution >= 0.6 is 0 Å². The zero-order valence-corrected chi connectivity index (χ0v) is 13.7. The van der Waals surface area contributed by atoms with Gasteiger partial charge in [-0.25, -0.2) is 0 Å². The molecule has 2 rings (SSSR count). The molecule has 0 fully saturated rings. The van der Waals surface area contributed by atoms with Gasteiger partial charge in [-0.1, -0.05) is 66.0 Å². The van der Waals surface area contributed by atoms with Crippen LogP contribution in [0.4, 0.5) is 0 Å². The Hall–Kier alpha value is -1.56. The highest BCUT2D eigenvalue weighted by molar-refractivity contribution is 5.90. The highest BCUT2D eigenvalue weighted by atomic mass is 14.2. The van der Waals surface area contributed by atoms with E-state index in [4.69, 9.17) is 0 Å². The van der Waals surface area contributed by atoms with Crippen LogP contribution in [0.5, 0.6) is 0 Å². The predicted octanol–water partition coefficient (Wildman–Crippen LogP) is 7.53. The van der Waals surface area contributed by atoms with Crippen molar-refractivity contribution in [3.63, 3.8) is 0 Å². The molecule has 0 bridgehead atoms. The predicted molar refractivity (Wildman–Crippen MR) is 105 cm³/mol. The van der Waals surface area contributed by atoms with Crippen molar-refractivity contribution in [2.24, 2.45) is 0 Å². The number of rotatable bonds is 3. The van der Waals surface area contributed by atoms with Crippen LogP contribution in [0.25, 0.3) is 16.3 Å². The Labute approximate surface area is 138 Å². The lowest BCUT2D eigenvalue weighted by Crippen LogP contribution is -2.15. The number of fused-ring (bicyclic) bond motifs is 1. The van der Waals surface area contributed by atoms with Gasteiger partial charge in [-0.15, -0.1) is 0 Å². The Balaban J connectivity index is 0.00000220. The van der Waals surface area contributed by atoms with E-state index in [2.05, 4.69) is 78.0 Å². The summed E-state index contributed by atoms with van der Waals surface area (Å²) in [5.41, 5.74) is 5.78. The van der Waals surface area contributed by atoms with Gasteiger partial charge in [0.25, 0.3) is 0 Å². The zero-order valence-electron chi connectivity index (χ0n) is 13.7. The minimum Gasteiger partial charge on any atom is -0.0841 e. The van der Waals surface area contributed by atoms with Crippen molar-refractivity contribution in [1.29, 1.82) is 0 Å². The van der Waals surface area contributed by atoms with Gasteiger partial charge in [0, 0.05) is 0 Å². The maximum atomic E-state index is 2.37. The fourth-order valence-corrected chi connectivity index (χ4v) is 2.79. The summed E-state index contributed by atoms with van der Waals surface area (Å²) in [5, 5.41) is 2.76. The second-order valence-electron chi connectivity index (χ2n) is 6.40. The van der Waals surface area contributed by atoms with Crippen LogP contribution in [0.3, 0.4) is 0 Å². The molecule has 0 radical (unpaired) electrons. The molecular weight excluding hydrogens is 264 g/mol. The van der Waals surface area contributed by atoms with Crippen molar-refractivity contribution in [3.8, 4) is 0 Å².